The number of amides is 1. The van der Waals surface area contributed by atoms with Crippen LogP contribution in [0.3, 0.4) is 0 Å². The number of nitrogens with one attached hydrogen (secondary N) is 2. The van der Waals surface area contributed by atoms with Gasteiger partial charge in [-0.1, -0.05) is 29.8 Å². The van der Waals surface area contributed by atoms with E-state index >= 15 is 0 Å². The zero-order chi connectivity index (χ0) is 22.8. The second kappa shape index (κ2) is 8.68. The number of benzene rings is 3. The number of aromatic nitrogens is 4. The maximum absolute atomic E-state index is 11.2. The molecule has 0 radical (unpaired) electrons. The van der Waals surface area contributed by atoms with Crippen LogP contribution in [0.1, 0.15) is 6.92 Å². The van der Waals surface area contributed by atoms with Crippen LogP contribution in [-0.2, 0) is 4.79 Å². The Labute approximate surface area is 193 Å². The number of hydrogen-bond acceptors (Lipinski definition) is 7. The molecule has 2 N–H and O–H groups in total. The first kappa shape index (κ1) is 20.6. The molecule has 3 aromatic carbocycles. The summed E-state index contributed by atoms with van der Waals surface area (Å²) < 4.78 is 5.84. The van der Waals surface area contributed by atoms with Gasteiger partial charge in [0.25, 0.3) is 5.89 Å². The summed E-state index contributed by atoms with van der Waals surface area (Å²) in [5, 5.41) is 15.7. The third-order valence-electron chi connectivity index (χ3n) is 4.76. The number of rotatable bonds is 5. The molecule has 162 valence electrons. The number of para-hydroxylation sites is 1. The molecule has 0 aliphatic carbocycles. The highest BCUT2D eigenvalue weighted by molar-refractivity contribution is 6.30. The zero-order valence-electron chi connectivity index (χ0n) is 17.4. The second-order valence-corrected chi connectivity index (χ2v) is 7.66. The van der Waals surface area contributed by atoms with Crippen molar-refractivity contribution in [1.82, 2.24) is 20.2 Å². The van der Waals surface area contributed by atoms with E-state index in [-0.39, 0.29) is 11.8 Å². The van der Waals surface area contributed by atoms with Crippen LogP contribution in [0.15, 0.2) is 77.2 Å². The molecule has 33 heavy (non-hydrogen) atoms. The predicted molar refractivity (Wildman–Crippen MR) is 127 cm³/mol. The van der Waals surface area contributed by atoms with Crippen molar-refractivity contribution in [3.63, 3.8) is 0 Å². The smallest absolute Gasteiger partial charge is 0.286 e. The highest BCUT2D eigenvalue weighted by atomic mass is 35.5. The first-order valence-electron chi connectivity index (χ1n) is 10.1. The molecule has 1 amide bonds. The van der Waals surface area contributed by atoms with Crippen LogP contribution in [0.4, 0.5) is 17.2 Å². The maximum Gasteiger partial charge on any atom is 0.286 e. The highest BCUT2D eigenvalue weighted by Crippen LogP contribution is 2.29. The molecule has 8 nitrogen and oxygen atoms in total. The van der Waals surface area contributed by atoms with Crippen molar-refractivity contribution in [2.75, 3.05) is 10.6 Å². The van der Waals surface area contributed by atoms with E-state index in [9.17, 15) is 4.79 Å². The summed E-state index contributed by atoms with van der Waals surface area (Å²) in [5.41, 5.74) is 2.94. The molecular formula is C24H17ClN6O2. The molecule has 5 aromatic rings. The Balaban J connectivity index is 1.51. The van der Waals surface area contributed by atoms with Gasteiger partial charge in [-0.15, -0.1) is 10.2 Å². The van der Waals surface area contributed by atoms with Crippen LogP contribution < -0.4 is 10.6 Å². The van der Waals surface area contributed by atoms with E-state index in [0.29, 0.717) is 33.8 Å². The van der Waals surface area contributed by atoms with Gasteiger partial charge in [-0.05, 0) is 54.6 Å². The fraction of sp³-hybridized carbons (Fsp3) is 0.0417. The van der Waals surface area contributed by atoms with Gasteiger partial charge in [-0.25, -0.2) is 9.97 Å². The van der Waals surface area contributed by atoms with E-state index in [1.807, 2.05) is 60.7 Å². The monoisotopic (exact) mass is 456 g/mol. The standard InChI is InChI=1S/C24H17ClN6O2/c1-14(32)26-17-9-11-18(12-10-17)27-21-19-7-2-3-8-20(19)28-22(29-21)24-31-30-23(33-24)15-5-4-6-16(25)13-15/h2-13H,1H3,(H,26,32)(H,27,28,29). The molecule has 0 saturated heterocycles. The predicted octanol–water partition coefficient (Wildman–Crippen LogP) is 5.70. The number of carbonyl (C=O) groups excluding carboxylic acids is 1. The molecule has 0 bridgehead atoms. The number of fused-ring (bicyclic) bond motifs is 1. The summed E-state index contributed by atoms with van der Waals surface area (Å²) in [6.45, 7) is 1.47. The molecule has 9 heteroatoms. The second-order valence-electron chi connectivity index (χ2n) is 7.22. The van der Waals surface area contributed by atoms with Crippen LogP contribution >= 0.6 is 11.6 Å². The van der Waals surface area contributed by atoms with Crippen molar-refractivity contribution in [1.29, 1.82) is 0 Å². The van der Waals surface area contributed by atoms with E-state index in [0.717, 1.165) is 16.6 Å². The van der Waals surface area contributed by atoms with Crippen LogP contribution in [0, 0.1) is 0 Å². The van der Waals surface area contributed by atoms with Gasteiger partial charge < -0.3 is 15.1 Å². The minimum Gasteiger partial charge on any atom is -0.413 e. The highest BCUT2D eigenvalue weighted by Gasteiger charge is 2.16. The summed E-state index contributed by atoms with van der Waals surface area (Å²) >= 11 is 6.07. The van der Waals surface area contributed by atoms with Crippen molar-refractivity contribution in [2.45, 2.75) is 6.92 Å². The molecule has 0 aliphatic rings. The Morgan fingerprint density at radius 3 is 2.42 bits per heavy atom. The third-order valence-corrected chi connectivity index (χ3v) is 4.99. The Hall–Kier alpha value is -4.30. The minimum absolute atomic E-state index is 0.126. The van der Waals surface area contributed by atoms with Gasteiger partial charge in [0.1, 0.15) is 5.82 Å². The van der Waals surface area contributed by atoms with E-state index in [1.54, 1.807) is 12.1 Å². The molecular weight excluding hydrogens is 440 g/mol. The summed E-state index contributed by atoms with van der Waals surface area (Å²) in [5.74, 6) is 1.28. The van der Waals surface area contributed by atoms with Crippen molar-refractivity contribution in [2.24, 2.45) is 0 Å². The van der Waals surface area contributed by atoms with Crippen molar-refractivity contribution in [3.8, 4) is 23.2 Å². The van der Waals surface area contributed by atoms with E-state index in [4.69, 9.17) is 16.0 Å². The first-order chi connectivity index (χ1) is 16.0. The summed E-state index contributed by atoms with van der Waals surface area (Å²) in [6.07, 6.45) is 0. The zero-order valence-corrected chi connectivity index (χ0v) is 18.2. The molecule has 0 unspecified atom stereocenters. The fourth-order valence-electron chi connectivity index (χ4n) is 3.30. The van der Waals surface area contributed by atoms with Crippen molar-refractivity contribution >= 4 is 45.6 Å². The van der Waals surface area contributed by atoms with Gasteiger partial charge >= 0.3 is 0 Å². The van der Waals surface area contributed by atoms with Gasteiger partial charge in [-0.2, -0.15) is 0 Å². The van der Waals surface area contributed by atoms with Crippen LogP contribution in [0.2, 0.25) is 5.02 Å². The van der Waals surface area contributed by atoms with Gasteiger partial charge in [0.2, 0.25) is 17.6 Å². The topological polar surface area (TPSA) is 106 Å². The van der Waals surface area contributed by atoms with E-state index < -0.39 is 0 Å². The number of nitrogens with zero attached hydrogens (tertiary/aromatic N) is 4. The molecule has 5 rings (SSSR count). The molecule has 0 aliphatic heterocycles. The Morgan fingerprint density at radius 2 is 1.64 bits per heavy atom. The van der Waals surface area contributed by atoms with Gasteiger partial charge in [0, 0.05) is 34.3 Å². The molecule has 0 spiro atoms. The average Bonchev–Trinajstić information content (AvgIpc) is 3.30. The van der Waals surface area contributed by atoms with Crippen molar-refractivity contribution in [3.05, 3.63) is 77.8 Å². The maximum atomic E-state index is 11.2. The Morgan fingerprint density at radius 1 is 0.879 bits per heavy atom. The van der Waals surface area contributed by atoms with Gasteiger partial charge in [-0.3, -0.25) is 4.79 Å². The van der Waals surface area contributed by atoms with Gasteiger partial charge in [0.15, 0.2) is 0 Å². The first-order valence-corrected chi connectivity index (χ1v) is 10.4. The molecule has 0 fully saturated rings. The van der Waals surface area contributed by atoms with Crippen LogP contribution in [0.5, 0.6) is 0 Å². The molecule has 0 saturated carbocycles. The average molecular weight is 457 g/mol. The lowest BCUT2D eigenvalue weighted by molar-refractivity contribution is -0.114. The lowest BCUT2D eigenvalue weighted by atomic mass is 10.2. The van der Waals surface area contributed by atoms with E-state index in [2.05, 4.69) is 30.8 Å². The minimum atomic E-state index is -0.126. The lowest BCUT2D eigenvalue weighted by Gasteiger charge is -2.10. The quantitative estimate of drug-likeness (QED) is 0.349. The number of anilines is 3. The molecule has 2 aromatic heterocycles. The molecule has 0 atom stereocenters. The van der Waals surface area contributed by atoms with E-state index in [1.165, 1.54) is 6.92 Å². The lowest BCUT2D eigenvalue weighted by Crippen LogP contribution is -2.05. The van der Waals surface area contributed by atoms with Crippen LogP contribution in [-0.4, -0.2) is 26.1 Å². The van der Waals surface area contributed by atoms with Crippen LogP contribution in [0.25, 0.3) is 34.1 Å². The van der Waals surface area contributed by atoms with Gasteiger partial charge in [0.05, 0.1) is 5.52 Å². The Bertz CT molecular complexity index is 1470. The normalized spacial score (nSPS) is 10.8. The molecule has 2 heterocycles. The SMILES string of the molecule is CC(=O)Nc1ccc(Nc2nc(-c3nnc(-c4cccc(Cl)c4)o3)nc3ccccc23)cc1. The summed E-state index contributed by atoms with van der Waals surface area (Å²) in [6, 6.07) is 22.1. The summed E-state index contributed by atoms with van der Waals surface area (Å²) in [7, 11) is 0. The number of hydrogen-bond donors (Lipinski definition) is 2. The Kier molecular flexibility index (Phi) is 5.42. The fourth-order valence-corrected chi connectivity index (χ4v) is 3.49. The number of halogens is 1. The third kappa shape index (κ3) is 4.51. The largest absolute Gasteiger partial charge is 0.413 e. The summed E-state index contributed by atoms with van der Waals surface area (Å²) in [4.78, 5) is 20.5. The number of carbonyl (C=O) groups is 1. The van der Waals surface area contributed by atoms with Crippen molar-refractivity contribution < 1.29 is 9.21 Å².